The van der Waals surface area contributed by atoms with E-state index in [-0.39, 0.29) is 10.8 Å². The van der Waals surface area contributed by atoms with Crippen molar-refractivity contribution in [2.24, 2.45) is 0 Å². The summed E-state index contributed by atoms with van der Waals surface area (Å²) in [6.45, 7) is 13.8. The van der Waals surface area contributed by atoms with Crippen LogP contribution in [0.15, 0.2) is 72.8 Å². The molecule has 0 unspecified atom stereocenters. The second kappa shape index (κ2) is 6.91. The number of benzene rings is 3. The molecule has 4 rings (SSSR count). The highest BCUT2D eigenvalue weighted by atomic mass is 14.7. The van der Waals surface area contributed by atoms with Gasteiger partial charge in [-0.25, -0.2) is 0 Å². The normalized spacial score (nSPS) is 12.5. The first kappa shape index (κ1) is 19.5. The van der Waals surface area contributed by atoms with Gasteiger partial charge in [-0.3, -0.25) is 0 Å². The van der Waals surface area contributed by atoms with E-state index in [0.29, 0.717) is 0 Å². The number of hydrogen-bond donors (Lipinski definition) is 1. The summed E-state index contributed by atoms with van der Waals surface area (Å²) < 4.78 is 0. The van der Waals surface area contributed by atoms with Crippen LogP contribution in [0.5, 0.6) is 0 Å². The molecular weight excluding hydrogens is 350 g/mol. The van der Waals surface area contributed by atoms with E-state index < -0.39 is 0 Å². The minimum Gasteiger partial charge on any atom is -0.354 e. The number of aromatic nitrogens is 1. The molecule has 0 aliphatic heterocycles. The highest BCUT2D eigenvalue weighted by molar-refractivity contribution is 6.02. The van der Waals surface area contributed by atoms with Gasteiger partial charge in [-0.1, -0.05) is 114 Å². The van der Waals surface area contributed by atoms with Crippen molar-refractivity contribution >= 4 is 10.9 Å². The zero-order valence-electron chi connectivity index (χ0n) is 18.4. The minimum absolute atomic E-state index is 0.0284. The van der Waals surface area contributed by atoms with Crippen LogP contribution in [0, 0.1) is 0 Å². The quantitative estimate of drug-likeness (QED) is 0.361. The second-order valence-corrected chi connectivity index (χ2v) is 10.0. The largest absolute Gasteiger partial charge is 0.354 e. The minimum atomic E-state index is 0.0284. The second-order valence-electron chi connectivity index (χ2n) is 10.0. The van der Waals surface area contributed by atoms with E-state index in [0.717, 1.165) is 0 Å². The van der Waals surface area contributed by atoms with Gasteiger partial charge < -0.3 is 4.98 Å². The smallest absolute Gasteiger partial charge is 0.0544 e. The van der Waals surface area contributed by atoms with E-state index in [1.807, 2.05) is 0 Å². The van der Waals surface area contributed by atoms with Crippen molar-refractivity contribution in [3.63, 3.8) is 0 Å². The maximum absolute atomic E-state index is 3.87. The third-order valence-corrected chi connectivity index (χ3v) is 5.66. The van der Waals surface area contributed by atoms with Crippen LogP contribution in [0.2, 0.25) is 0 Å². The molecule has 4 aromatic rings. The fourth-order valence-corrected chi connectivity index (χ4v) is 4.39. The van der Waals surface area contributed by atoms with Gasteiger partial charge in [0, 0.05) is 10.9 Å². The molecule has 0 saturated carbocycles. The summed E-state index contributed by atoms with van der Waals surface area (Å²) >= 11 is 0. The van der Waals surface area contributed by atoms with Crippen LogP contribution >= 0.6 is 0 Å². The van der Waals surface area contributed by atoms with Crippen molar-refractivity contribution < 1.29 is 0 Å². The number of fused-ring (bicyclic) bond motifs is 1. The van der Waals surface area contributed by atoms with Gasteiger partial charge >= 0.3 is 0 Å². The maximum atomic E-state index is 3.87. The van der Waals surface area contributed by atoms with Gasteiger partial charge in [0.2, 0.25) is 0 Å². The molecule has 0 amide bonds. The lowest BCUT2D eigenvalue weighted by Gasteiger charge is -2.25. The van der Waals surface area contributed by atoms with Crippen LogP contribution in [0.3, 0.4) is 0 Å². The first-order valence-electron chi connectivity index (χ1n) is 10.5. The third-order valence-electron chi connectivity index (χ3n) is 5.66. The van der Waals surface area contributed by atoms with Gasteiger partial charge in [0.05, 0.1) is 11.2 Å². The number of rotatable bonds is 2. The Hall–Kier alpha value is -2.80. The molecule has 0 radical (unpaired) electrons. The molecule has 29 heavy (non-hydrogen) atoms. The molecule has 0 aliphatic carbocycles. The summed E-state index contributed by atoms with van der Waals surface area (Å²) in [6, 6.07) is 26.2. The molecule has 1 aromatic heterocycles. The Balaban J connectivity index is 2.16. The predicted molar refractivity (Wildman–Crippen MR) is 127 cm³/mol. The number of aromatic amines is 1. The molecular formula is C28H31N. The monoisotopic (exact) mass is 381 g/mol. The number of hydrogen-bond acceptors (Lipinski definition) is 0. The van der Waals surface area contributed by atoms with Crippen molar-refractivity contribution in [3.8, 4) is 22.4 Å². The molecule has 0 fully saturated rings. The SMILES string of the molecule is CC(C)(C)c1ccc2c(C(C)(C)C)c(-c3ccccc3)[nH]c2c1-c1ccccc1. The van der Waals surface area contributed by atoms with Crippen LogP contribution in [0.1, 0.15) is 52.7 Å². The summed E-state index contributed by atoms with van der Waals surface area (Å²) in [7, 11) is 0. The van der Waals surface area contributed by atoms with Crippen LogP contribution < -0.4 is 0 Å². The van der Waals surface area contributed by atoms with E-state index in [9.17, 15) is 0 Å². The molecule has 0 atom stereocenters. The van der Waals surface area contributed by atoms with E-state index in [4.69, 9.17) is 0 Å². The molecule has 0 spiro atoms. The number of nitrogens with one attached hydrogen (secondary N) is 1. The molecule has 3 aromatic carbocycles. The highest BCUT2D eigenvalue weighted by Crippen LogP contribution is 2.44. The van der Waals surface area contributed by atoms with Gasteiger partial charge in [0.15, 0.2) is 0 Å². The average Bonchev–Trinajstić information content (AvgIpc) is 3.08. The van der Waals surface area contributed by atoms with Gasteiger partial charge in [-0.2, -0.15) is 0 Å². The first-order valence-corrected chi connectivity index (χ1v) is 10.5. The topological polar surface area (TPSA) is 15.8 Å². The van der Waals surface area contributed by atoms with E-state index in [2.05, 4.69) is 119 Å². The fourth-order valence-electron chi connectivity index (χ4n) is 4.39. The lowest BCUT2D eigenvalue weighted by Crippen LogP contribution is -2.14. The Morgan fingerprint density at radius 2 is 1.14 bits per heavy atom. The molecule has 1 nitrogen and oxygen atoms in total. The van der Waals surface area contributed by atoms with E-state index >= 15 is 0 Å². The highest BCUT2D eigenvalue weighted by Gasteiger charge is 2.28. The van der Waals surface area contributed by atoms with Crippen molar-refractivity contribution in [1.82, 2.24) is 4.98 Å². The Morgan fingerprint density at radius 1 is 0.586 bits per heavy atom. The lowest BCUT2D eigenvalue weighted by molar-refractivity contribution is 0.592. The summed E-state index contributed by atoms with van der Waals surface area (Å²) in [5, 5.41) is 1.32. The van der Waals surface area contributed by atoms with Crippen molar-refractivity contribution in [3.05, 3.63) is 83.9 Å². The molecule has 1 heteroatoms. The molecule has 0 aliphatic rings. The zero-order chi connectivity index (χ0) is 20.8. The maximum Gasteiger partial charge on any atom is 0.0544 e. The van der Waals surface area contributed by atoms with Gasteiger partial charge in [-0.05, 0) is 33.1 Å². The van der Waals surface area contributed by atoms with Gasteiger partial charge in [-0.15, -0.1) is 0 Å². The summed E-state index contributed by atoms with van der Waals surface area (Å²) in [5.74, 6) is 0. The fraction of sp³-hybridized carbons (Fsp3) is 0.286. The Kier molecular flexibility index (Phi) is 4.65. The molecule has 1 N–H and O–H groups in total. The van der Waals surface area contributed by atoms with Crippen molar-refractivity contribution in [2.45, 2.75) is 52.4 Å². The Bertz CT molecular complexity index is 1130. The Morgan fingerprint density at radius 3 is 1.66 bits per heavy atom. The third kappa shape index (κ3) is 3.51. The van der Waals surface area contributed by atoms with Crippen molar-refractivity contribution in [1.29, 1.82) is 0 Å². The number of H-pyrrole nitrogens is 1. The molecule has 0 bridgehead atoms. The molecule has 1 heterocycles. The van der Waals surface area contributed by atoms with Crippen LogP contribution in [-0.4, -0.2) is 4.98 Å². The van der Waals surface area contributed by atoms with Gasteiger partial charge in [0.25, 0.3) is 0 Å². The van der Waals surface area contributed by atoms with Crippen LogP contribution in [-0.2, 0) is 10.8 Å². The summed E-state index contributed by atoms with van der Waals surface area (Å²) in [6.07, 6.45) is 0. The zero-order valence-corrected chi connectivity index (χ0v) is 18.4. The molecule has 148 valence electrons. The summed E-state index contributed by atoms with van der Waals surface area (Å²) in [5.41, 5.74) is 9.15. The standard InChI is InChI=1S/C28H31N/c1-27(2,3)22-18-17-21-24(28(4,5)6)25(20-15-11-8-12-16-20)29-26(21)23(22)19-13-9-7-10-14-19/h7-18,29H,1-6H3. The lowest BCUT2D eigenvalue weighted by atomic mass is 9.79. The first-order chi connectivity index (χ1) is 13.7. The van der Waals surface area contributed by atoms with E-state index in [1.165, 1.54) is 44.4 Å². The predicted octanol–water partition coefficient (Wildman–Crippen LogP) is 8.10. The van der Waals surface area contributed by atoms with Gasteiger partial charge in [0.1, 0.15) is 0 Å². The van der Waals surface area contributed by atoms with Crippen LogP contribution in [0.25, 0.3) is 33.3 Å². The average molecular weight is 382 g/mol. The summed E-state index contributed by atoms with van der Waals surface area (Å²) in [4.78, 5) is 3.87. The Labute approximate surface area is 174 Å². The van der Waals surface area contributed by atoms with Crippen LogP contribution in [0.4, 0.5) is 0 Å². The van der Waals surface area contributed by atoms with E-state index in [1.54, 1.807) is 0 Å². The van der Waals surface area contributed by atoms with Crippen molar-refractivity contribution in [2.75, 3.05) is 0 Å². The molecule has 0 saturated heterocycles.